The largest absolute Gasteiger partial charge is 0.497 e. The number of benzene rings is 2. The van der Waals surface area contributed by atoms with E-state index in [4.69, 9.17) is 37.4 Å². The van der Waals surface area contributed by atoms with Crippen LogP contribution >= 0.6 is 35.0 Å². The first-order valence-electron chi connectivity index (χ1n) is 13.6. The van der Waals surface area contributed by atoms with Crippen molar-refractivity contribution >= 4 is 51.0 Å². The van der Waals surface area contributed by atoms with Gasteiger partial charge in [-0.2, -0.15) is 13.1 Å². The zero-order chi connectivity index (χ0) is 31.4. The number of sulfonamides is 1. The molecule has 0 amide bonds. The average molecular weight is 691 g/mol. The zero-order valence-corrected chi connectivity index (χ0v) is 26.5. The number of carbonyl (C=O) groups is 1. The quantitative estimate of drug-likeness (QED) is 0.208. The number of alkyl halides is 2. The molecule has 0 unspecified atom stereocenters. The van der Waals surface area contributed by atoms with Crippen molar-refractivity contribution < 1.29 is 45.9 Å². The van der Waals surface area contributed by atoms with Gasteiger partial charge in [-0.15, -0.1) is 11.8 Å². The molecule has 3 aromatic rings. The number of methoxy groups -OCH3 is 1. The standard InChI is InChI=1S/C29H28Cl2F2N2O7S2/c1-39-19-5-7-20(8-6-19)44(37,38)35-10-11-43-27(35)28(36)41-25(13-21-22(30)14-34-15-23(21)31)18-4-9-24(42-29(32)33)26(12-18)40-16-17-2-3-17/h4-9,12,14-15,17,25,27,29H,2-3,10-11,13,16H2,1H3/p+1/t25-,27-/m0/s1. The predicted molar refractivity (Wildman–Crippen MR) is 160 cm³/mol. The summed E-state index contributed by atoms with van der Waals surface area (Å²) in [6, 6.07) is 10.1. The maximum atomic E-state index is 13.7. The number of esters is 1. The minimum atomic E-state index is -4.06. The molecule has 0 spiro atoms. The van der Waals surface area contributed by atoms with Crippen molar-refractivity contribution in [1.82, 2.24) is 4.31 Å². The highest BCUT2D eigenvalue weighted by atomic mass is 35.5. The SMILES string of the molecule is COc1ccc(S(=O)(=O)N2CCS[C@H]2C(=O)O[C@@H](Cc2c(Cl)c[nH+]cc2Cl)c2ccc(OC(F)F)c(OCC3CC3)c2)cc1. The molecule has 1 aliphatic heterocycles. The first-order chi connectivity index (χ1) is 21.1. The fourth-order valence-electron chi connectivity index (χ4n) is 4.58. The van der Waals surface area contributed by atoms with Gasteiger partial charge >= 0.3 is 12.6 Å². The number of pyridine rings is 1. The number of aromatic amines is 1. The van der Waals surface area contributed by atoms with Crippen molar-refractivity contribution in [1.29, 1.82) is 0 Å². The van der Waals surface area contributed by atoms with Crippen molar-refractivity contribution in [3.05, 3.63) is 76.0 Å². The first-order valence-corrected chi connectivity index (χ1v) is 16.8. The summed E-state index contributed by atoms with van der Waals surface area (Å²) < 4.78 is 76.0. The van der Waals surface area contributed by atoms with Gasteiger partial charge in [0, 0.05) is 24.3 Å². The molecule has 1 aliphatic carbocycles. The highest BCUT2D eigenvalue weighted by Gasteiger charge is 2.42. The summed E-state index contributed by atoms with van der Waals surface area (Å²) in [5, 5.41) is -0.618. The second-order valence-corrected chi connectivity index (χ2v) is 14.0. The molecule has 44 heavy (non-hydrogen) atoms. The zero-order valence-electron chi connectivity index (χ0n) is 23.4. The lowest BCUT2D eigenvalue weighted by Crippen LogP contribution is -2.40. The third kappa shape index (κ3) is 7.68. The van der Waals surface area contributed by atoms with Gasteiger partial charge in [-0.25, -0.2) is 18.2 Å². The fourth-order valence-corrected chi connectivity index (χ4v) is 8.16. The van der Waals surface area contributed by atoms with E-state index < -0.39 is 34.1 Å². The number of hydrogen-bond acceptors (Lipinski definition) is 8. The second-order valence-electron chi connectivity index (χ2n) is 10.1. The number of nitrogens with zero attached hydrogens (tertiary/aromatic N) is 1. The number of ether oxygens (including phenoxy) is 4. The van der Waals surface area contributed by atoms with Crippen LogP contribution in [0, 0.1) is 5.92 Å². The van der Waals surface area contributed by atoms with Gasteiger partial charge < -0.3 is 18.9 Å². The molecular formula is C29H29Cl2F2N2O7S2+. The molecule has 1 saturated heterocycles. The maximum absolute atomic E-state index is 13.7. The summed E-state index contributed by atoms with van der Waals surface area (Å²) in [7, 11) is -2.59. The van der Waals surface area contributed by atoms with Crippen LogP contribution in [-0.2, 0) is 26.0 Å². The van der Waals surface area contributed by atoms with Crippen LogP contribution in [0.3, 0.4) is 0 Å². The van der Waals surface area contributed by atoms with E-state index in [0.717, 1.165) is 28.9 Å². The molecule has 1 saturated carbocycles. The van der Waals surface area contributed by atoms with E-state index in [1.165, 1.54) is 62.0 Å². The monoisotopic (exact) mass is 689 g/mol. The lowest BCUT2D eigenvalue weighted by molar-refractivity contribution is -0.377. The van der Waals surface area contributed by atoms with Crippen LogP contribution in [0.15, 0.2) is 59.8 Å². The molecule has 1 N–H and O–H groups in total. The number of rotatable bonds is 13. The summed E-state index contributed by atoms with van der Waals surface area (Å²) in [6.45, 7) is -2.67. The number of nitrogens with one attached hydrogen (secondary N) is 1. The van der Waals surface area contributed by atoms with Crippen molar-refractivity contribution in [3.63, 3.8) is 0 Å². The average Bonchev–Trinajstić information content (AvgIpc) is 3.69. The van der Waals surface area contributed by atoms with Crippen LogP contribution in [0.4, 0.5) is 8.78 Å². The normalized spacial score (nSPS) is 17.8. The Balaban J connectivity index is 1.45. The molecule has 5 rings (SSSR count). The number of hydrogen-bond donors (Lipinski definition) is 0. The molecule has 2 heterocycles. The number of carbonyl (C=O) groups excluding carboxylic acids is 1. The summed E-state index contributed by atoms with van der Waals surface area (Å²) >= 11 is 14.0. The number of halogens is 4. The predicted octanol–water partition coefficient (Wildman–Crippen LogP) is 5.80. The van der Waals surface area contributed by atoms with Crippen LogP contribution in [0.5, 0.6) is 17.2 Å². The second kappa shape index (κ2) is 14.1. The van der Waals surface area contributed by atoms with Gasteiger partial charge in [0.2, 0.25) is 10.0 Å². The van der Waals surface area contributed by atoms with E-state index in [1.807, 2.05) is 0 Å². The molecular weight excluding hydrogens is 661 g/mol. The Bertz CT molecular complexity index is 1570. The molecule has 0 radical (unpaired) electrons. The van der Waals surface area contributed by atoms with E-state index in [1.54, 1.807) is 0 Å². The molecule has 236 valence electrons. The molecule has 2 aliphatic rings. The van der Waals surface area contributed by atoms with Gasteiger partial charge in [0.15, 0.2) is 29.3 Å². The van der Waals surface area contributed by atoms with Crippen molar-refractivity contribution in [2.75, 3.05) is 26.0 Å². The Morgan fingerprint density at radius 1 is 1.09 bits per heavy atom. The molecule has 2 fully saturated rings. The molecule has 0 bridgehead atoms. The highest BCUT2D eigenvalue weighted by molar-refractivity contribution is 8.02. The number of H-pyrrole nitrogens is 1. The summed E-state index contributed by atoms with van der Waals surface area (Å²) in [6.07, 6.45) is 3.93. The molecule has 2 atom stereocenters. The molecule has 1 aromatic heterocycles. The van der Waals surface area contributed by atoms with Crippen LogP contribution in [0.2, 0.25) is 10.0 Å². The van der Waals surface area contributed by atoms with E-state index in [-0.39, 0.29) is 39.4 Å². The number of aromatic nitrogens is 1. The van der Waals surface area contributed by atoms with Gasteiger partial charge in [0.1, 0.15) is 21.9 Å². The van der Waals surface area contributed by atoms with Crippen molar-refractivity contribution in [2.45, 2.75) is 42.2 Å². The maximum Gasteiger partial charge on any atom is 0.387 e. The van der Waals surface area contributed by atoms with Crippen LogP contribution in [-0.4, -0.2) is 56.7 Å². The van der Waals surface area contributed by atoms with E-state index >= 15 is 0 Å². The summed E-state index contributed by atoms with van der Waals surface area (Å²) in [5.41, 5.74) is 0.846. The summed E-state index contributed by atoms with van der Waals surface area (Å²) in [4.78, 5) is 16.5. The smallest absolute Gasteiger partial charge is 0.387 e. The van der Waals surface area contributed by atoms with Crippen LogP contribution in [0.1, 0.15) is 30.1 Å². The lowest BCUT2D eigenvalue weighted by Gasteiger charge is -2.26. The fraction of sp³-hybridized carbons (Fsp3) is 0.379. The molecule has 2 aromatic carbocycles. The summed E-state index contributed by atoms with van der Waals surface area (Å²) in [5.74, 6) is 0.266. The Labute approximate surface area is 267 Å². The highest BCUT2D eigenvalue weighted by Crippen LogP contribution is 2.39. The van der Waals surface area contributed by atoms with E-state index in [9.17, 15) is 22.0 Å². The van der Waals surface area contributed by atoms with Gasteiger partial charge in [-0.3, -0.25) is 0 Å². The van der Waals surface area contributed by atoms with Gasteiger partial charge in [0.05, 0.1) is 18.6 Å². The van der Waals surface area contributed by atoms with E-state index in [0.29, 0.717) is 35.2 Å². The Morgan fingerprint density at radius 3 is 2.43 bits per heavy atom. The van der Waals surface area contributed by atoms with Crippen LogP contribution < -0.4 is 19.2 Å². The van der Waals surface area contributed by atoms with Crippen molar-refractivity contribution in [2.24, 2.45) is 5.92 Å². The minimum Gasteiger partial charge on any atom is -0.497 e. The number of thioether (sulfide) groups is 1. The van der Waals surface area contributed by atoms with Gasteiger partial charge in [-0.1, -0.05) is 29.3 Å². The third-order valence-corrected chi connectivity index (χ3v) is 11.0. The third-order valence-electron chi connectivity index (χ3n) is 7.09. The first kappa shape index (κ1) is 32.6. The molecule has 9 nitrogen and oxygen atoms in total. The Kier molecular flexibility index (Phi) is 10.4. The molecule has 15 heteroatoms. The van der Waals surface area contributed by atoms with Gasteiger partial charge in [0.25, 0.3) is 0 Å². The van der Waals surface area contributed by atoms with Gasteiger partial charge in [-0.05, 0) is 60.7 Å². The Morgan fingerprint density at radius 2 is 1.80 bits per heavy atom. The van der Waals surface area contributed by atoms with Crippen molar-refractivity contribution in [3.8, 4) is 17.2 Å². The van der Waals surface area contributed by atoms with E-state index in [2.05, 4.69) is 9.72 Å². The topological polar surface area (TPSA) is 106 Å². The Hall–Kier alpha value is -2.84. The lowest BCUT2D eigenvalue weighted by atomic mass is 10.0. The minimum absolute atomic E-state index is 0.00122. The van der Waals surface area contributed by atoms with Crippen LogP contribution in [0.25, 0.3) is 0 Å².